The van der Waals surface area contributed by atoms with Gasteiger partial charge in [-0.2, -0.15) is 0 Å². The first-order valence-electron chi connectivity index (χ1n) is 7.24. The van der Waals surface area contributed by atoms with Crippen LogP contribution in [0.2, 0.25) is 0 Å². The maximum Gasteiger partial charge on any atom is 0.270 e. The van der Waals surface area contributed by atoms with Gasteiger partial charge in [-0.3, -0.25) is 9.59 Å². The van der Waals surface area contributed by atoms with E-state index in [0.717, 1.165) is 25.9 Å². The first kappa shape index (κ1) is 13.8. The van der Waals surface area contributed by atoms with Crippen molar-refractivity contribution < 1.29 is 9.18 Å². The van der Waals surface area contributed by atoms with Gasteiger partial charge in [0.2, 0.25) is 0 Å². The molecule has 2 aromatic rings. The van der Waals surface area contributed by atoms with Gasteiger partial charge in [0.15, 0.2) is 0 Å². The van der Waals surface area contributed by atoms with E-state index in [1.807, 2.05) is 6.92 Å². The van der Waals surface area contributed by atoms with E-state index in [0.29, 0.717) is 23.0 Å². The second-order valence-corrected chi connectivity index (χ2v) is 5.36. The summed E-state index contributed by atoms with van der Waals surface area (Å²) < 4.78 is 14.9. The van der Waals surface area contributed by atoms with Crippen molar-refractivity contribution in [3.63, 3.8) is 0 Å². The van der Waals surface area contributed by atoms with Gasteiger partial charge in [-0.05, 0) is 42.5 Å². The largest absolute Gasteiger partial charge is 0.337 e. The highest BCUT2D eigenvalue weighted by molar-refractivity contribution is 5.97. The summed E-state index contributed by atoms with van der Waals surface area (Å²) in [6.45, 7) is 3.89. The van der Waals surface area contributed by atoms with E-state index in [-0.39, 0.29) is 11.5 Å². The average molecular weight is 288 g/mol. The standard InChI is InChI=1S/C16H17FN2O2/c1-2-6-19-14(16(21)18-7-3-8-18)10-11-9-12(17)4-5-13(11)15(19)20/h4-5,9-10H,2-3,6-8H2,1H3. The van der Waals surface area contributed by atoms with Crippen molar-refractivity contribution in [1.82, 2.24) is 9.47 Å². The van der Waals surface area contributed by atoms with Gasteiger partial charge in [0, 0.05) is 25.0 Å². The molecule has 3 rings (SSSR count). The minimum atomic E-state index is -0.405. The Balaban J connectivity index is 2.22. The third-order valence-corrected chi connectivity index (χ3v) is 3.88. The molecule has 1 saturated heterocycles. The normalized spacial score (nSPS) is 14.3. The lowest BCUT2D eigenvalue weighted by atomic mass is 10.1. The highest BCUT2D eigenvalue weighted by Gasteiger charge is 2.25. The average Bonchev–Trinajstić information content (AvgIpc) is 2.39. The maximum absolute atomic E-state index is 13.4. The van der Waals surface area contributed by atoms with Crippen LogP contribution in [-0.2, 0) is 6.54 Å². The zero-order chi connectivity index (χ0) is 15.0. The molecule has 0 unspecified atom stereocenters. The number of carbonyl (C=O) groups excluding carboxylic acids is 1. The molecule has 110 valence electrons. The topological polar surface area (TPSA) is 42.3 Å². The summed E-state index contributed by atoms with van der Waals surface area (Å²) in [5.41, 5.74) is 0.137. The molecule has 21 heavy (non-hydrogen) atoms. The third-order valence-electron chi connectivity index (χ3n) is 3.88. The van der Waals surface area contributed by atoms with Crippen molar-refractivity contribution >= 4 is 16.7 Å². The van der Waals surface area contributed by atoms with E-state index in [2.05, 4.69) is 0 Å². The molecule has 1 aromatic carbocycles. The molecule has 5 heteroatoms. The quantitative estimate of drug-likeness (QED) is 0.870. The van der Waals surface area contributed by atoms with Crippen LogP contribution in [0.5, 0.6) is 0 Å². The molecule has 4 nitrogen and oxygen atoms in total. The molecule has 0 saturated carbocycles. The molecule has 1 aromatic heterocycles. The van der Waals surface area contributed by atoms with Crippen molar-refractivity contribution in [2.75, 3.05) is 13.1 Å². The zero-order valence-electron chi connectivity index (χ0n) is 11.9. The fraction of sp³-hybridized carbons (Fsp3) is 0.375. The lowest BCUT2D eigenvalue weighted by Crippen LogP contribution is -2.44. The van der Waals surface area contributed by atoms with Crippen molar-refractivity contribution in [2.24, 2.45) is 0 Å². The van der Waals surface area contributed by atoms with E-state index in [1.165, 1.54) is 22.8 Å². The lowest BCUT2D eigenvalue weighted by Gasteiger charge is -2.31. The molecule has 1 fully saturated rings. The number of rotatable bonds is 3. The first-order chi connectivity index (χ1) is 10.1. The van der Waals surface area contributed by atoms with E-state index in [9.17, 15) is 14.0 Å². The minimum absolute atomic E-state index is 0.141. The minimum Gasteiger partial charge on any atom is -0.337 e. The molecule has 0 spiro atoms. The molecule has 0 aliphatic carbocycles. The number of fused-ring (bicyclic) bond motifs is 1. The molecule has 0 N–H and O–H groups in total. The molecule has 0 atom stereocenters. The lowest BCUT2D eigenvalue weighted by molar-refractivity contribution is 0.0639. The number of nitrogens with zero attached hydrogens (tertiary/aromatic N) is 2. The van der Waals surface area contributed by atoms with Gasteiger partial charge in [-0.1, -0.05) is 6.92 Å². The fourth-order valence-electron chi connectivity index (χ4n) is 2.63. The number of aromatic nitrogens is 1. The van der Waals surface area contributed by atoms with Crippen molar-refractivity contribution in [3.8, 4) is 0 Å². The van der Waals surface area contributed by atoms with Crippen LogP contribution in [0.15, 0.2) is 29.1 Å². The third kappa shape index (κ3) is 2.33. The highest BCUT2D eigenvalue weighted by atomic mass is 19.1. The molecular formula is C16H17FN2O2. The number of carbonyl (C=O) groups is 1. The second kappa shape index (κ2) is 5.31. The van der Waals surface area contributed by atoms with Crippen LogP contribution >= 0.6 is 0 Å². The first-order valence-corrected chi connectivity index (χ1v) is 7.24. The maximum atomic E-state index is 13.4. The van der Waals surface area contributed by atoms with Crippen LogP contribution in [0.25, 0.3) is 10.8 Å². The van der Waals surface area contributed by atoms with Crippen LogP contribution in [0, 0.1) is 5.82 Å². The monoisotopic (exact) mass is 288 g/mol. The molecule has 1 amide bonds. The second-order valence-electron chi connectivity index (χ2n) is 5.36. The van der Waals surface area contributed by atoms with Crippen molar-refractivity contribution in [2.45, 2.75) is 26.3 Å². The van der Waals surface area contributed by atoms with Gasteiger partial charge < -0.3 is 9.47 Å². The summed E-state index contributed by atoms with van der Waals surface area (Å²) in [5, 5.41) is 0.932. The van der Waals surface area contributed by atoms with Gasteiger partial charge in [0.05, 0.1) is 0 Å². The van der Waals surface area contributed by atoms with Crippen LogP contribution in [0.4, 0.5) is 4.39 Å². The van der Waals surface area contributed by atoms with Gasteiger partial charge in [0.1, 0.15) is 11.5 Å². The van der Waals surface area contributed by atoms with Gasteiger partial charge in [-0.25, -0.2) is 4.39 Å². The Morgan fingerprint density at radius 3 is 2.67 bits per heavy atom. The van der Waals surface area contributed by atoms with Crippen molar-refractivity contribution in [1.29, 1.82) is 0 Å². The Labute approximate surface area is 121 Å². The predicted octanol–water partition coefficient (Wildman–Crippen LogP) is 2.40. The van der Waals surface area contributed by atoms with E-state index in [4.69, 9.17) is 0 Å². The molecular weight excluding hydrogens is 271 g/mol. The van der Waals surface area contributed by atoms with Crippen LogP contribution in [-0.4, -0.2) is 28.5 Å². The molecule has 1 aliphatic rings. The smallest absolute Gasteiger partial charge is 0.270 e. The number of halogens is 1. The molecule has 2 heterocycles. The fourth-order valence-corrected chi connectivity index (χ4v) is 2.63. The van der Waals surface area contributed by atoms with Crippen molar-refractivity contribution in [3.05, 3.63) is 46.1 Å². The number of benzene rings is 1. The SMILES string of the molecule is CCCn1c(C(=O)N2CCC2)cc2cc(F)ccc2c1=O. The van der Waals surface area contributed by atoms with Gasteiger partial charge >= 0.3 is 0 Å². The summed E-state index contributed by atoms with van der Waals surface area (Å²) in [6.07, 6.45) is 1.75. The summed E-state index contributed by atoms with van der Waals surface area (Å²) in [4.78, 5) is 26.7. The number of hydrogen-bond donors (Lipinski definition) is 0. The highest BCUT2D eigenvalue weighted by Crippen LogP contribution is 2.18. The molecule has 1 aliphatic heterocycles. The number of likely N-dealkylation sites (tertiary alicyclic amines) is 1. The number of amides is 1. The molecule has 0 radical (unpaired) electrons. The van der Waals surface area contributed by atoms with E-state index in [1.54, 1.807) is 11.0 Å². The van der Waals surface area contributed by atoms with Crippen LogP contribution in [0.3, 0.4) is 0 Å². The molecule has 0 bridgehead atoms. The van der Waals surface area contributed by atoms with Crippen LogP contribution < -0.4 is 5.56 Å². The zero-order valence-corrected chi connectivity index (χ0v) is 11.9. The summed E-state index contributed by atoms with van der Waals surface area (Å²) in [5.74, 6) is -0.546. The summed E-state index contributed by atoms with van der Waals surface area (Å²) >= 11 is 0. The van der Waals surface area contributed by atoms with E-state index >= 15 is 0 Å². The Hall–Kier alpha value is -2.17. The van der Waals surface area contributed by atoms with E-state index < -0.39 is 5.82 Å². The predicted molar refractivity (Wildman–Crippen MR) is 79.0 cm³/mol. The number of pyridine rings is 1. The van der Waals surface area contributed by atoms with Gasteiger partial charge in [0.25, 0.3) is 11.5 Å². The Kier molecular flexibility index (Phi) is 3.49. The Morgan fingerprint density at radius 1 is 1.29 bits per heavy atom. The Morgan fingerprint density at radius 2 is 2.05 bits per heavy atom. The van der Waals surface area contributed by atoms with Crippen LogP contribution in [0.1, 0.15) is 30.3 Å². The Bertz CT molecular complexity index is 763. The summed E-state index contributed by atoms with van der Waals surface area (Å²) in [6, 6.07) is 5.70. The van der Waals surface area contributed by atoms with Gasteiger partial charge in [-0.15, -0.1) is 0 Å². The number of hydrogen-bond acceptors (Lipinski definition) is 2. The summed E-state index contributed by atoms with van der Waals surface area (Å²) in [7, 11) is 0.